The second-order valence-corrected chi connectivity index (χ2v) is 4.70. The van der Waals surface area contributed by atoms with Gasteiger partial charge in [0, 0.05) is 41.9 Å². The number of benzene rings is 1. The Morgan fingerprint density at radius 1 is 1.17 bits per heavy atom. The Morgan fingerprint density at radius 3 is 2.33 bits per heavy atom. The van der Waals surface area contributed by atoms with E-state index in [-0.39, 0.29) is 5.56 Å². The highest BCUT2D eigenvalue weighted by molar-refractivity contribution is 9.10. The molecule has 0 saturated carbocycles. The summed E-state index contributed by atoms with van der Waals surface area (Å²) in [5.41, 5.74) is 0.939. The molecular formula is C13H19BrF2N2. The molecule has 1 aliphatic rings. The number of halogens is 3. The van der Waals surface area contributed by atoms with E-state index in [1.807, 2.05) is 19.9 Å². The predicted molar refractivity (Wildman–Crippen MR) is 75.5 cm³/mol. The van der Waals surface area contributed by atoms with Gasteiger partial charge in [0.15, 0.2) is 0 Å². The van der Waals surface area contributed by atoms with Gasteiger partial charge in [-0.3, -0.25) is 0 Å². The molecule has 1 aromatic carbocycles. The van der Waals surface area contributed by atoms with E-state index in [9.17, 15) is 8.78 Å². The lowest BCUT2D eigenvalue weighted by Gasteiger charge is -2.30. The fourth-order valence-corrected chi connectivity index (χ4v) is 2.33. The zero-order valence-electron chi connectivity index (χ0n) is 10.7. The van der Waals surface area contributed by atoms with E-state index < -0.39 is 6.43 Å². The van der Waals surface area contributed by atoms with Crippen molar-refractivity contribution in [3.8, 4) is 0 Å². The van der Waals surface area contributed by atoms with Gasteiger partial charge in [0.1, 0.15) is 0 Å². The number of nitrogens with one attached hydrogen (secondary N) is 1. The van der Waals surface area contributed by atoms with Crippen LogP contribution in [0, 0.1) is 0 Å². The molecule has 0 unspecified atom stereocenters. The number of rotatable bonds is 2. The molecule has 0 aliphatic carbocycles. The average molecular weight is 321 g/mol. The van der Waals surface area contributed by atoms with Crippen LogP contribution in [0.1, 0.15) is 25.8 Å². The third-order valence-electron chi connectivity index (χ3n) is 2.64. The maximum Gasteiger partial charge on any atom is 0.263 e. The van der Waals surface area contributed by atoms with Gasteiger partial charge in [0.25, 0.3) is 6.43 Å². The summed E-state index contributed by atoms with van der Waals surface area (Å²) in [5.74, 6) is 0. The molecule has 1 aliphatic heterocycles. The van der Waals surface area contributed by atoms with Gasteiger partial charge in [-0.05, 0) is 18.2 Å². The van der Waals surface area contributed by atoms with Crippen LogP contribution in [0.2, 0.25) is 0 Å². The Balaban J connectivity index is 0.000000771. The molecule has 0 radical (unpaired) electrons. The van der Waals surface area contributed by atoms with Gasteiger partial charge in [-0.25, -0.2) is 8.78 Å². The van der Waals surface area contributed by atoms with E-state index in [1.165, 1.54) is 6.07 Å². The molecule has 5 heteroatoms. The summed E-state index contributed by atoms with van der Waals surface area (Å²) in [4.78, 5) is 2.12. The van der Waals surface area contributed by atoms with Crippen molar-refractivity contribution in [2.75, 3.05) is 31.1 Å². The highest BCUT2D eigenvalue weighted by Gasteiger charge is 2.14. The van der Waals surface area contributed by atoms with Crippen molar-refractivity contribution in [3.63, 3.8) is 0 Å². The fraction of sp³-hybridized carbons (Fsp3) is 0.538. The Labute approximate surface area is 115 Å². The highest BCUT2D eigenvalue weighted by atomic mass is 79.9. The monoisotopic (exact) mass is 320 g/mol. The number of alkyl halides is 2. The number of nitrogens with zero attached hydrogens (tertiary/aromatic N) is 1. The Morgan fingerprint density at radius 2 is 1.78 bits per heavy atom. The number of piperazine rings is 1. The normalized spacial score (nSPS) is 15.3. The van der Waals surface area contributed by atoms with Crippen LogP contribution in [-0.2, 0) is 0 Å². The molecule has 1 heterocycles. The zero-order valence-corrected chi connectivity index (χ0v) is 12.3. The van der Waals surface area contributed by atoms with E-state index in [0.29, 0.717) is 4.47 Å². The van der Waals surface area contributed by atoms with Crippen molar-refractivity contribution < 1.29 is 8.78 Å². The van der Waals surface area contributed by atoms with Crippen molar-refractivity contribution in [1.82, 2.24) is 5.32 Å². The van der Waals surface area contributed by atoms with Gasteiger partial charge in [-0.15, -0.1) is 0 Å². The molecule has 2 nitrogen and oxygen atoms in total. The third-order valence-corrected chi connectivity index (χ3v) is 3.10. The predicted octanol–water partition coefficient (Wildman–Crippen LogP) is 3.82. The lowest BCUT2D eigenvalue weighted by atomic mass is 10.2. The number of anilines is 1. The van der Waals surface area contributed by atoms with Gasteiger partial charge in [0.05, 0.1) is 0 Å². The number of hydrogen-bond acceptors (Lipinski definition) is 2. The van der Waals surface area contributed by atoms with Crippen molar-refractivity contribution in [2.24, 2.45) is 0 Å². The lowest BCUT2D eigenvalue weighted by molar-refractivity contribution is 0.151. The smallest absolute Gasteiger partial charge is 0.263 e. The van der Waals surface area contributed by atoms with Gasteiger partial charge < -0.3 is 10.2 Å². The van der Waals surface area contributed by atoms with E-state index in [0.717, 1.165) is 31.9 Å². The van der Waals surface area contributed by atoms with Crippen LogP contribution in [0.15, 0.2) is 22.7 Å². The van der Waals surface area contributed by atoms with Crippen molar-refractivity contribution in [1.29, 1.82) is 0 Å². The Hall–Kier alpha value is -0.680. The molecule has 102 valence electrons. The van der Waals surface area contributed by atoms with Crippen LogP contribution >= 0.6 is 15.9 Å². The topological polar surface area (TPSA) is 15.3 Å². The first-order chi connectivity index (χ1) is 8.66. The summed E-state index contributed by atoms with van der Waals surface area (Å²) < 4.78 is 26.0. The minimum absolute atomic E-state index is 0.0721. The lowest BCUT2D eigenvalue weighted by Crippen LogP contribution is -2.43. The second-order valence-electron chi connectivity index (χ2n) is 3.78. The Bertz CT molecular complexity index is 366. The molecule has 0 spiro atoms. The minimum atomic E-state index is -2.42. The summed E-state index contributed by atoms with van der Waals surface area (Å²) in [6.07, 6.45) is -2.42. The van der Waals surface area contributed by atoms with Crippen LogP contribution in [0.25, 0.3) is 0 Å². The Kier molecular flexibility index (Phi) is 6.57. The second kappa shape index (κ2) is 7.69. The molecule has 0 bridgehead atoms. The maximum atomic E-state index is 12.6. The van der Waals surface area contributed by atoms with Crippen molar-refractivity contribution >= 4 is 21.6 Å². The van der Waals surface area contributed by atoms with Gasteiger partial charge >= 0.3 is 0 Å². The van der Waals surface area contributed by atoms with E-state index in [1.54, 1.807) is 6.07 Å². The van der Waals surface area contributed by atoms with E-state index in [4.69, 9.17) is 0 Å². The summed E-state index contributed by atoms with van der Waals surface area (Å²) >= 11 is 3.27. The molecule has 18 heavy (non-hydrogen) atoms. The van der Waals surface area contributed by atoms with Crippen LogP contribution in [-0.4, -0.2) is 26.2 Å². The zero-order chi connectivity index (χ0) is 13.5. The summed E-state index contributed by atoms with van der Waals surface area (Å²) in [7, 11) is 0. The standard InChI is InChI=1S/C11H13BrF2N2.C2H6/c12-9-5-8(11(13)14)6-10(7-9)16-3-1-15-2-4-16;1-2/h5-7,11,15H,1-4H2;1-2H3. The molecule has 0 aromatic heterocycles. The van der Waals surface area contributed by atoms with Gasteiger partial charge in [-0.2, -0.15) is 0 Å². The summed E-state index contributed by atoms with van der Waals surface area (Å²) in [6, 6.07) is 4.92. The SMILES string of the molecule is CC.FC(F)c1cc(Br)cc(N2CCNCC2)c1. The average Bonchev–Trinajstić information content (AvgIpc) is 2.41. The molecule has 2 rings (SSSR count). The summed E-state index contributed by atoms with van der Waals surface area (Å²) in [5, 5.41) is 3.23. The first-order valence-corrected chi connectivity index (χ1v) is 7.00. The van der Waals surface area contributed by atoms with Crippen molar-refractivity contribution in [3.05, 3.63) is 28.2 Å². The van der Waals surface area contributed by atoms with Gasteiger partial charge in [-0.1, -0.05) is 29.8 Å². The first kappa shape index (κ1) is 15.4. The molecular weight excluding hydrogens is 302 g/mol. The molecule has 1 aromatic rings. The van der Waals surface area contributed by atoms with Crippen LogP contribution in [0.4, 0.5) is 14.5 Å². The molecule has 1 fully saturated rings. The quantitative estimate of drug-likeness (QED) is 0.891. The first-order valence-electron chi connectivity index (χ1n) is 6.21. The van der Waals surface area contributed by atoms with E-state index >= 15 is 0 Å². The van der Waals surface area contributed by atoms with Crippen LogP contribution in [0.3, 0.4) is 0 Å². The molecule has 1 saturated heterocycles. The minimum Gasteiger partial charge on any atom is -0.369 e. The van der Waals surface area contributed by atoms with Crippen LogP contribution in [0.5, 0.6) is 0 Å². The molecule has 1 N–H and O–H groups in total. The third kappa shape index (κ3) is 4.21. The van der Waals surface area contributed by atoms with Crippen LogP contribution < -0.4 is 10.2 Å². The van der Waals surface area contributed by atoms with Crippen molar-refractivity contribution in [2.45, 2.75) is 20.3 Å². The molecule has 0 amide bonds. The molecule has 0 atom stereocenters. The number of hydrogen-bond donors (Lipinski definition) is 1. The largest absolute Gasteiger partial charge is 0.369 e. The van der Waals surface area contributed by atoms with Gasteiger partial charge in [0.2, 0.25) is 0 Å². The highest BCUT2D eigenvalue weighted by Crippen LogP contribution is 2.28. The fourth-order valence-electron chi connectivity index (χ4n) is 1.83. The van der Waals surface area contributed by atoms with E-state index in [2.05, 4.69) is 26.1 Å². The maximum absolute atomic E-state index is 12.6. The summed E-state index contributed by atoms with van der Waals surface area (Å²) in [6.45, 7) is 7.52.